The molecule has 0 radical (unpaired) electrons. The average Bonchev–Trinajstić information content (AvgIpc) is 3.01. The van der Waals surface area contributed by atoms with Gasteiger partial charge in [-0.1, -0.05) is 6.07 Å². The van der Waals surface area contributed by atoms with Gasteiger partial charge in [-0.05, 0) is 19.1 Å². The Morgan fingerprint density at radius 2 is 2.40 bits per heavy atom. The van der Waals surface area contributed by atoms with E-state index in [1.165, 1.54) is 35.8 Å². The van der Waals surface area contributed by atoms with E-state index in [0.717, 1.165) is 0 Å². The summed E-state index contributed by atoms with van der Waals surface area (Å²) in [5.74, 6) is -0.369. The highest BCUT2D eigenvalue weighted by Gasteiger charge is 2.18. The molecule has 0 aliphatic carbocycles. The third-order valence-corrected chi connectivity index (χ3v) is 3.71. The molecular formula is C15H13N5O4S. The summed E-state index contributed by atoms with van der Waals surface area (Å²) in [6, 6.07) is 6.17. The quantitative estimate of drug-likeness (QED) is 0.348. The van der Waals surface area contributed by atoms with Crippen LogP contribution in [0.2, 0.25) is 0 Å². The van der Waals surface area contributed by atoms with Gasteiger partial charge in [0.1, 0.15) is 11.6 Å². The van der Waals surface area contributed by atoms with Gasteiger partial charge >= 0.3 is 5.97 Å². The number of hydrazone groups is 1. The molecule has 1 heterocycles. The van der Waals surface area contributed by atoms with Gasteiger partial charge in [-0.2, -0.15) is 10.4 Å². The number of nitro benzene ring substituents is 1. The van der Waals surface area contributed by atoms with Gasteiger partial charge in [-0.3, -0.25) is 20.3 Å². The van der Waals surface area contributed by atoms with Crippen molar-refractivity contribution in [2.45, 2.75) is 13.3 Å². The second-order valence-electron chi connectivity index (χ2n) is 4.61. The molecule has 0 aliphatic heterocycles. The fourth-order valence-corrected chi connectivity index (χ4v) is 2.58. The Morgan fingerprint density at radius 3 is 3.08 bits per heavy atom. The third kappa shape index (κ3) is 4.82. The van der Waals surface area contributed by atoms with E-state index >= 15 is 0 Å². The first-order valence-electron chi connectivity index (χ1n) is 7.11. The van der Waals surface area contributed by atoms with Crippen LogP contribution in [-0.2, 0) is 16.0 Å². The van der Waals surface area contributed by atoms with E-state index in [1.807, 2.05) is 0 Å². The van der Waals surface area contributed by atoms with Gasteiger partial charge in [0.05, 0.1) is 35.4 Å². The number of esters is 1. The van der Waals surface area contributed by atoms with Crippen molar-refractivity contribution in [3.05, 3.63) is 50.5 Å². The van der Waals surface area contributed by atoms with E-state index in [2.05, 4.69) is 15.5 Å². The summed E-state index contributed by atoms with van der Waals surface area (Å²) in [5, 5.41) is 26.1. The summed E-state index contributed by atoms with van der Waals surface area (Å²) >= 11 is 1.23. The summed E-state index contributed by atoms with van der Waals surface area (Å²) in [4.78, 5) is 26.0. The van der Waals surface area contributed by atoms with Crippen molar-refractivity contribution < 1.29 is 14.5 Å². The third-order valence-electron chi connectivity index (χ3n) is 2.92. The lowest BCUT2D eigenvalue weighted by Crippen LogP contribution is -2.07. The minimum atomic E-state index is -0.624. The second kappa shape index (κ2) is 8.51. The lowest BCUT2D eigenvalue weighted by atomic mass is 10.1. The number of para-hydroxylation sites is 1. The molecule has 0 aliphatic rings. The number of anilines is 1. The van der Waals surface area contributed by atoms with E-state index in [9.17, 15) is 14.9 Å². The summed E-state index contributed by atoms with van der Waals surface area (Å²) in [5.41, 5.74) is 3.03. The first kappa shape index (κ1) is 18.0. The molecule has 2 rings (SSSR count). The molecule has 2 aromatic rings. The fourth-order valence-electron chi connectivity index (χ4n) is 1.92. The van der Waals surface area contributed by atoms with Crippen molar-refractivity contribution in [3.63, 3.8) is 0 Å². The number of benzene rings is 1. The minimum absolute atomic E-state index is 0.0417. The van der Waals surface area contributed by atoms with E-state index < -0.39 is 4.92 Å². The highest BCUT2D eigenvalue weighted by atomic mass is 32.1. The molecule has 0 saturated heterocycles. The summed E-state index contributed by atoms with van der Waals surface area (Å²) < 4.78 is 4.84. The number of nitriles is 1. The second-order valence-corrected chi connectivity index (χ2v) is 5.47. The molecule has 0 amide bonds. The number of aromatic nitrogens is 1. The smallest absolute Gasteiger partial charge is 0.311 e. The van der Waals surface area contributed by atoms with Crippen LogP contribution in [0.1, 0.15) is 23.7 Å². The minimum Gasteiger partial charge on any atom is -0.466 e. The van der Waals surface area contributed by atoms with Crippen molar-refractivity contribution >= 4 is 34.3 Å². The zero-order valence-corrected chi connectivity index (χ0v) is 13.9. The maximum absolute atomic E-state index is 11.4. The number of carbonyl (C=O) groups is 1. The summed E-state index contributed by atoms with van der Waals surface area (Å²) in [7, 11) is 0. The van der Waals surface area contributed by atoms with Crippen molar-refractivity contribution in [1.82, 2.24) is 4.98 Å². The Morgan fingerprint density at radius 1 is 1.60 bits per heavy atom. The zero-order chi connectivity index (χ0) is 18.2. The molecular weight excluding hydrogens is 346 g/mol. The number of nitrogens with zero attached hydrogens (tertiary/aromatic N) is 4. The fraction of sp³-hybridized carbons (Fsp3) is 0.200. The Hall–Kier alpha value is -3.32. The van der Waals surface area contributed by atoms with E-state index in [1.54, 1.807) is 18.4 Å². The molecule has 128 valence electrons. The molecule has 10 heteroatoms. The van der Waals surface area contributed by atoms with E-state index in [-0.39, 0.29) is 29.2 Å². The van der Waals surface area contributed by atoms with Gasteiger partial charge in [0, 0.05) is 5.38 Å². The lowest BCUT2D eigenvalue weighted by molar-refractivity contribution is -0.385. The molecule has 1 aromatic heterocycles. The van der Waals surface area contributed by atoms with Crippen LogP contribution in [-0.4, -0.2) is 28.7 Å². The SMILES string of the molecule is CCOC(=O)Cc1csc(NN=Cc2cccc(C#N)c2[N+](=O)[O-])n1. The van der Waals surface area contributed by atoms with Gasteiger partial charge in [0.25, 0.3) is 5.69 Å². The van der Waals surface area contributed by atoms with Crippen molar-refractivity contribution in [2.24, 2.45) is 5.10 Å². The highest BCUT2D eigenvalue weighted by molar-refractivity contribution is 7.13. The summed E-state index contributed by atoms with van der Waals surface area (Å²) in [6.45, 7) is 2.03. The van der Waals surface area contributed by atoms with Gasteiger partial charge in [0.15, 0.2) is 0 Å². The topological polar surface area (TPSA) is 131 Å². The van der Waals surface area contributed by atoms with Crippen LogP contribution in [0.15, 0.2) is 28.7 Å². The number of hydrogen-bond acceptors (Lipinski definition) is 9. The molecule has 0 saturated carbocycles. The molecule has 0 atom stereocenters. The standard InChI is InChI=1S/C15H13N5O4S/c1-2-24-13(21)6-12-9-25-15(18-12)19-17-8-11-5-3-4-10(7-16)14(11)20(22)23/h3-5,8-9H,2,6H2,1H3,(H,18,19). The number of nitrogens with one attached hydrogen (secondary N) is 1. The first-order valence-corrected chi connectivity index (χ1v) is 7.99. The zero-order valence-electron chi connectivity index (χ0n) is 13.1. The maximum atomic E-state index is 11.4. The first-order chi connectivity index (χ1) is 12.0. The van der Waals surface area contributed by atoms with Crippen molar-refractivity contribution in [3.8, 4) is 6.07 Å². The van der Waals surface area contributed by atoms with Crippen molar-refractivity contribution in [2.75, 3.05) is 12.0 Å². The number of hydrogen-bond donors (Lipinski definition) is 1. The van der Waals surface area contributed by atoms with Crippen LogP contribution >= 0.6 is 11.3 Å². The summed E-state index contributed by atoms with van der Waals surface area (Å²) in [6.07, 6.45) is 1.30. The number of rotatable bonds is 7. The number of carbonyl (C=O) groups excluding carboxylic acids is 1. The number of ether oxygens (including phenoxy) is 1. The molecule has 25 heavy (non-hydrogen) atoms. The number of thiazole rings is 1. The van der Waals surface area contributed by atoms with Gasteiger partial charge in [-0.15, -0.1) is 11.3 Å². The van der Waals surface area contributed by atoms with Crippen LogP contribution in [0.25, 0.3) is 0 Å². The predicted octanol–water partition coefficient (Wildman–Crippen LogP) is 2.47. The Labute approximate surface area is 146 Å². The van der Waals surface area contributed by atoms with Crippen LogP contribution < -0.4 is 5.43 Å². The highest BCUT2D eigenvalue weighted by Crippen LogP contribution is 2.22. The van der Waals surface area contributed by atoms with Crippen LogP contribution in [0.3, 0.4) is 0 Å². The predicted molar refractivity (Wildman–Crippen MR) is 91.5 cm³/mol. The molecule has 0 spiro atoms. The average molecular weight is 359 g/mol. The Bertz CT molecular complexity index is 856. The van der Waals surface area contributed by atoms with Gasteiger partial charge in [-0.25, -0.2) is 4.98 Å². The van der Waals surface area contributed by atoms with Gasteiger partial charge < -0.3 is 4.74 Å². The van der Waals surface area contributed by atoms with Crippen LogP contribution in [0, 0.1) is 21.4 Å². The molecule has 1 N–H and O–H groups in total. The Kier molecular flexibility index (Phi) is 6.14. The molecule has 9 nitrogen and oxygen atoms in total. The largest absolute Gasteiger partial charge is 0.466 e. The molecule has 0 fully saturated rings. The normalized spacial score (nSPS) is 10.4. The Balaban J connectivity index is 2.07. The molecule has 0 bridgehead atoms. The van der Waals surface area contributed by atoms with Gasteiger partial charge in [0.2, 0.25) is 5.13 Å². The van der Waals surface area contributed by atoms with Crippen LogP contribution in [0.4, 0.5) is 10.8 Å². The van der Waals surface area contributed by atoms with Crippen LogP contribution in [0.5, 0.6) is 0 Å². The monoisotopic (exact) mass is 359 g/mol. The van der Waals surface area contributed by atoms with Crippen molar-refractivity contribution in [1.29, 1.82) is 5.26 Å². The molecule has 0 unspecified atom stereocenters. The number of nitro groups is 1. The molecule has 1 aromatic carbocycles. The van der Waals surface area contributed by atoms with E-state index in [0.29, 0.717) is 17.4 Å². The van der Waals surface area contributed by atoms with E-state index in [4.69, 9.17) is 10.00 Å². The lowest BCUT2D eigenvalue weighted by Gasteiger charge is -1.99. The maximum Gasteiger partial charge on any atom is 0.311 e.